The van der Waals surface area contributed by atoms with Gasteiger partial charge in [-0.25, -0.2) is 0 Å². The molecule has 0 saturated heterocycles. The molecule has 0 aliphatic rings. The highest BCUT2D eigenvalue weighted by Crippen LogP contribution is 2.21. The average molecular weight is 521 g/mol. The van der Waals surface area contributed by atoms with Gasteiger partial charge in [0.05, 0.1) is 0 Å². The van der Waals surface area contributed by atoms with Crippen molar-refractivity contribution in [2.75, 3.05) is 0 Å². The smallest absolute Gasteiger partial charge is 0.0443 e. The van der Waals surface area contributed by atoms with Crippen LogP contribution in [-0.2, 0) is 0 Å². The van der Waals surface area contributed by atoms with Crippen LogP contribution in [0.1, 0.15) is 227 Å². The predicted molar refractivity (Wildman–Crippen MR) is 173 cm³/mol. The van der Waals surface area contributed by atoms with Gasteiger partial charge in [-0.3, -0.25) is 0 Å². The molecule has 0 heteroatoms. The average Bonchev–Trinajstić information content (AvgIpc) is 2.89. The molecule has 0 aromatic rings. The lowest BCUT2D eigenvalue weighted by Gasteiger charge is -2.13. The van der Waals surface area contributed by atoms with Crippen LogP contribution in [-0.4, -0.2) is 0 Å². The second kappa shape index (κ2) is 32.2. The van der Waals surface area contributed by atoms with E-state index in [0.29, 0.717) is 0 Å². The van der Waals surface area contributed by atoms with Gasteiger partial charge in [-0.15, -0.1) is 0 Å². The fraction of sp³-hybridized carbons (Fsp3) is 1.00. The molecule has 0 rings (SSSR count). The third-order valence-electron chi connectivity index (χ3n) is 8.99. The van der Waals surface area contributed by atoms with Gasteiger partial charge in [0, 0.05) is 0 Å². The zero-order valence-corrected chi connectivity index (χ0v) is 27.1. The second-order valence-electron chi connectivity index (χ2n) is 13.2. The molecule has 2 atom stereocenters. The SMILES string of the molecule is CCCCCCCCCCCCCCC(C)CCCCCC(C)CCCCCCCCCCCCCC. The molecule has 0 spiro atoms. The zero-order chi connectivity index (χ0) is 27.1. The first-order valence-electron chi connectivity index (χ1n) is 18.2. The van der Waals surface area contributed by atoms with Gasteiger partial charge in [-0.1, -0.05) is 227 Å². The maximum atomic E-state index is 2.51. The van der Waals surface area contributed by atoms with E-state index >= 15 is 0 Å². The third kappa shape index (κ3) is 32.1. The van der Waals surface area contributed by atoms with Crippen LogP contribution in [0.25, 0.3) is 0 Å². The Morgan fingerprint density at radius 1 is 0.243 bits per heavy atom. The second-order valence-corrected chi connectivity index (χ2v) is 13.2. The molecule has 0 fully saturated rings. The van der Waals surface area contributed by atoms with Crippen molar-refractivity contribution in [2.45, 2.75) is 227 Å². The molecule has 2 unspecified atom stereocenters. The summed E-state index contributed by atoms with van der Waals surface area (Å²) < 4.78 is 0. The highest BCUT2D eigenvalue weighted by molar-refractivity contribution is 4.59. The van der Waals surface area contributed by atoms with Crippen molar-refractivity contribution < 1.29 is 0 Å². The number of hydrogen-bond acceptors (Lipinski definition) is 0. The molecule has 0 amide bonds. The lowest BCUT2D eigenvalue weighted by atomic mass is 9.93. The number of rotatable bonds is 32. The summed E-state index contributed by atoms with van der Waals surface area (Å²) in [6.45, 7) is 9.64. The molecule has 0 radical (unpaired) electrons. The van der Waals surface area contributed by atoms with Crippen molar-refractivity contribution >= 4 is 0 Å². The molecule has 0 aromatic heterocycles. The topological polar surface area (TPSA) is 0 Å². The molecule has 0 heterocycles. The highest BCUT2D eigenvalue weighted by atomic mass is 14.1. The van der Waals surface area contributed by atoms with Crippen LogP contribution < -0.4 is 0 Å². The molecular formula is C37H76. The molecule has 0 aromatic carbocycles. The summed E-state index contributed by atoms with van der Waals surface area (Å²) >= 11 is 0. The van der Waals surface area contributed by atoms with E-state index in [2.05, 4.69) is 27.7 Å². The van der Waals surface area contributed by atoms with Crippen molar-refractivity contribution in [3.05, 3.63) is 0 Å². The van der Waals surface area contributed by atoms with Gasteiger partial charge in [0.15, 0.2) is 0 Å². The first kappa shape index (κ1) is 37.0. The molecular weight excluding hydrogens is 444 g/mol. The van der Waals surface area contributed by atoms with E-state index in [1.165, 1.54) is 199 Å². The fourth-order valence-electron chi connectivity index (χ4n) is 6.12. The minimum atomic E-state index is 0.960. The van der Waals surface area contributed by atoms with E-state index < -0.39 is 0 Å². The summed E-state index contributed by atoms with van der Waals surface area (Å²) in [7, 11) is 0. The van der Waals surface area contributed by atoms with Crippen molar-refractivity contribution in [3.8, 4) is 0 Å². The van der Waals surface area contributed by atoms with E-state index in [0.717, 1.165) is 11.8 Å². The van der Waals surface area contributed by atoms with Gasteiger partial charge in [0.1, 0.15) is 0 Å². The van der Waals surface area contributed by atoms with Gasteiger partial charge in [-0.05, 0) is 11.8 Å². The van der Waals surface area contributed by atoms with Crippen LogP contribution >= 0.6 is 0 Å². The molecule has 224 valence electrons. The minimum Gasteiger partial charge on any atom is -0.0654 e. The van der Waals surface area contributed by atoms with E-state index in [9.17, 15) is 0 Å². The quantitative estimate of drug-likeness (QED) is 0.0773. The summed E-state index contributed by atoms with van der Waals surface area (Å²) in [5, 5.41) is 0. The highest BCUT2D eigenvalue weighted by Gasteiger charge is 2.05. The molecule has 0 N–H and O–H groups in total. The van der Waals surface area contributed by atoms with Crippen molar-refractivity contribution in [1.29, 1.82) is 0 Å². The maximum absolute atomic E-state index is 2.51. The van der Waals surface area contributed by atoms with Gasteiger partial charge < -0.3 is 0 Å². The summed E-state index contributed by atoms with van der Waals surface area (Å²) in [5.74, 6) is 1.92. The minimum absolute atomic E-state index is 0.960. The first-order valence-corrected chi connectivity index (χ1v) is 18.2. The summed E-state index contributed by atoms with van der Waals surface area (Å²) in [5.41, 5.74) is 0. The van der Waals surface area contributed by atoms with Gasteiger partial charge >= 0.3 is 0 Å². The van der Waals surface area contributed by atoms with Crippen molar-refractivity contribution in [1.82, 2.24) is 0 Å². The van der Waals surface area contributed by atoms with E-state index in [-0.39, 0.29) is 0 Å². The zero-order valence-electron chi connectivity index (χ0n) is 27.1. The van der Waals surface area contributed by atoms with E-state index in [1.807, 2.05) is 0 Å². The number of unbranched alkanes of at least 4 members (excludes halogenated alkanes) is 24. The molecule has 0 saturated carbocycles. The Balaban J connectivity index is 3.25. The third-order valence-corrected chi connectivity index (χ3v) is 8.99. The Labute approximate surface area is 238 Å². The van der Waals surface area contributed by atoms with Crippen LogP contribution in [0, 0.1) is 11.8 Å². The van der Waals surface area contributed by atoms with Crippen LogP contribution in [0.3, 0.4) is 0 Å². The monoisotopic (exact) mass is 521 g/mol. The molecule has 0 aliphatic carbocycles. The van der Waals surface area contributed by atoms with Gasteiger partial charge in [0.2, 0.25) is 0 Å². The molecule has 0 aliphatic heterocycles. The Bertz CT molecular complexity index is 349. The Morgan fingerprint density at radius 2 is 0.405 bits per heavy atom. The van der Waals surface area contributed by atoms with Crippen molar-refractivity contribution in [3.63, 3.8) is 0 Å². The van der Waals surface area contributed by atoms with Crippen LogP contribution in [0.2, 0.25) is 0 Å². The van der Waals surface area contributed by atoms with Crippen LogP contribution in [0.15, 0.2) is 0 Å². The predicted octanol–water partition coefficient (Wildman–Crippen LogP) is 14.4. The fourth-order valence-corrected chi connectivity index (χ4v) is 6.12. The number of hydrogen-bond donors (Lipinski definition) is 0. The van der Waals surface area contributed by atoms with E-state index in [1.54, 1.807) is 0 Å². The van der Waals surface area contributed by atoms with Crippen molar-refractivity contribution in [2.24, 2.45) is 11.8 Å². The molecule has 37 heavy (non-hydrogen) atoms. The molecule has 0 bridgehead atoms. The van der Waals surface area contributed by atoms with Gasteiger partial charge in [-0.2, -0.15) is 0 Å². The Morgan fingerprint density at radius 3 is 0.622 bits per heavy atom. The lowest BCUT2D eigenvalue weighted by Crippen LogP contribution is -1.97. The van der Waals surface area contributed by atoms with Crippen LogP contribution in [0.5, 0.6) is 0 Å². The van der Waals surface area contributed by atoms with Crippen LogP contribution in [0.4, 0.5) is 0 Å². The largest absolute Gasteiger partial charge is 0.0654 e. The Kier molecular flexibility index (Phi) is 32.2. The standard InChI is InChI=1S/C37H76/c1-5-7-9-11-13-15-17-19-21-23-25-28-32-36(3)34-30-27-31-35-37(4)33-29-26-24-22-20-18-16-14-12-10-8-6-2/h36-37H,5-35H2,1-4H3. The first-order chi connectivity index (χ1) is 18.2. The Hall–Kier alpha value is 0. The summed E-state index contributed by atoms with van der Waals surface area (Å²) in [6, 6.07) is 0. The summed E-state index contributed by atoms with van der Waals surface area (Å²) in [4.78, 5) is 0. The normalized spacial score (nSPS) is 13.3. The summed E-state index contributed by atoms with van der Waals surface area (Å²) in [6.07, 6.45) is 45.6. The van der Waals surface area contributed by atoms with E-state index in [4.69, 9.17) is 0 Å². The van der Waals surface area contributed by atoms with Gasteiger partial charge in [0.25, 0.3) is 0 Å². The maximum Gasteiger partial charge on any atom is -0.0443 e. The molecule has 0 nitrogen and oxygen atoms in total. The lowest BCUT2D eigenvalue weighted by molar-refractivity contribution is 0.407.